The summed E-state index contributed by atoms with van der Waals surface area (Å²) in [5.74, 6) is 1.57. The molecular weight excluding hydrogens is 296 g/mol. The first kappa shape index (κ1) is 18.0. The van der Waals surface area contributed by atoms with Crippen molar-refractivity contribution in [2.45, 2.75) is 12.5 Å². The summed E-state index contributed by atoms with van der Waals surface area (Å²) in [5, 5.41) is 9.77. The van der Waals surface area contributed by atoms with E-state index in [-0.39, 0.29) is 6.79 Å². The number of hydrogen-bond acceptors (Lipinski definition) is 6. The predicted molar refractivity (Wildman–Crippen MR) is 88.8 cm³/mol. The lowest BCUT2D eigenvalue weighted by Crippen LogP contribution is -2.49. The van der Waals surface area contributed by atoms with Crippen LogP contribution in [-0.2, 0) is 14.2 Å². The Bertz CT molecular complexity index is 428. The predicted octanol–water partition coefficient (Wildman–Crippen LogP) is 0.959. The van der Waals surface area contributed by atoms with E-state index < -0.39 is 6.10 Å². The van der Waals surface area contributed by atoms with Gasteiger partial charge in [0.1, 0.15) is 0 Å². The number of β-amino-alcohol motifs (C(OH)–C–C–N with tert-alkyl or cyclic N) is 1. The van der Waals surface area contributed by atoms with Crippen LogP contribution in [0.1, 0.15) is 6.42 Å². The fourth-order valence-electron chi connectivity index (χ4n) is 2.81. The van der Waals surface area contributed by atoms with Crippen LogP contribution in [0.4, 0.5) is 0 Å². The SMILES string of the molecule is C=C/C=C1/OCO/C1=C/CCN1CCN(CC(O)COC)CC1. The van der Waals surface area contributed by atoms with E-state index in [1.165, 1.54) is 0 Å². The lowest BCUT2D eigenvalue weighted by Gasteiger charge is -2.35. The van der Waals surface area contributed by atoms with Crippen LogP contribution in [-0.4, -0.2) is 80.8 Å². The smallest absolute Gasteiger partial charge is 0.231 e. The van der Waals surface area contributed by atoms with Crippen LogP contribution < -0.4 is 0 Å². The average Bonchev–Trinajstić information content (AvgIpc) is 2.97. The summed E-state index contributed by atoms with van der Waals surface area (Å²) in [5.41, 5.74) is 0. The molecule has 2 saturated heterocycles. The topological polar surface area (TPSA) is 54.4 Å². The average molecular weight is 324 g/mol. The summed E-state index contributed by atoms with van der Waals surface area (Å²) in [6.07, 6.45) is 6.14. The minimum Gasteiger partial charge on any atom is -0.454 e. The highest BCUT2D eigenvalue weighted by Crippen LogP contribution is 2.21. The Morgan fingerprint density at radius 3 is 2.61 bits per heavy atom. The second-order valence-corrected chi connectivity index (χ2v) is 5.78. The van der Waals surface area contributed by atoms with Gasteiger partial charge in [-0.05, 0) is 18.6 Å². The lowest BCUT2D eigenvalue weighted by molar-refractivity contribution is 0.0241. The van der Waals surface area contributed by atoms with E-state index in [0.29, 0.717) is 13.2 Å². The maximum Gasteiger partial charge on any atom is 0.231 e. The van der Waals surface area contributed by atoms with Crippen LogP contribution in [0.25, 0.3) is 0 Å². The zero-order valence-electron chi connectivity index (χ0n) is 13.9. The number of methoxy groups -OCH3 is 1. The molecular formula is C17H28N2O4. The molecule has 130 valence electrons. The first-order valence-electron chi connectivity index (χ1n) is 8.13. The molecule has 2 rings (SSSR count). The van der Waals surface area contributed by atoms with Gasteiger partial charge in [-0.2, -0.15) is 0 Å². The summed E-state index contributed by atoms with van der Waals surface area (Å²) in [6.45, 7) is 10.1. The Morgan fingerprint density at radius 2 is 1.91 bits per heavy atom. The molecule has 0 aromatic rings. The van der Waals surface area contributed by atoms with Crippen molar-refractivity contribution in [2.75, 3.05) is 59.8 Å². The second kappa shape index (κ2) is 9.72. The van der Waals surface area contributed by atoms with Crippen LogP contribution in [0, 0.1) is 0 Å². The number of aliphatic hydroxyl groups excluding tert-OH is 1. The van der Waals surface area contributed by atoms with Gasteiger partial charge in [0.05, 0.1) is 12.7 Å². The van der Waals surface area contributed by atoms with Crippen molar-refractivity contribution in [3.8, 4) is 0 Å². The van der Waals surface area contributed by atoms with Crippen molar-refractivity contribution in [2.24, 2.45) is 0 Å². The molecule has 0 amide bonds. The molecule has 0 bridgehead atoms. The summed E-state index contributed by atoms with van der Waals surface area (Å²) in [7, 11) is 1.62. The molecule has 0 saturated carbocycles. The van der Waals surface area contributed by atoms with E-state index in [4.69, 9.17) is 14.2 Å². The van der Waals surface area contributed by atoms with E-state index in [1.54, 1.807) is 13.2 Å². The van der Waals surface area contributed by atoms with E-state index in [0.717, 1.165) is 50.7 Å². The quantitative estimate of drug-likeness (QED) is 0.718. The molecule has 2 aliphatic rings. The van der Waals surface area contributed by atoms with Gasteiger partial charge in [0.25, 0.3) is 0 Å². The monoisotopic (exact) mass is 324 g/mol. The van der Waals surface area contributed by atoms with Gasteiger partial charge in [-0.1, -0.05) is 12.7 Å². The van der Waals surface area contributed by atoms with E-state index in [9.17, 15) is 5.11 Å². The first-order valence-corrected chi connectivity index (χ1v) is 8.13. The fraction of sp³-hybridized carbons (Fsp3) is 0.647. The minimum atomic E-state index is -0.397. The lowest BCUT2D eigenvalue weighted by atomic mass is 10.2. The van der Waals surface area contributed by atoms with Crippen LogP contribution in [0.15, 0.2) is 36.3 Å². The Labute approximate surface area is 138 Å². The zero-order valence-corrected chi connectivity index (χ0v) is 13.9. The normalized spacial score (nSPS) is 24.6. The molecule has 0 aliphatic carbocycles. The first-order chi connectivity index (χ1) is 11.2. The van der Waals surface area contributed by atoms with Crippen molar-refractivity contribution < 1.29 is 19.3 Å². The van der Waals surface area contributed by atoms with Crippen molar-refractivity contribution in [1.29, 1.82) is 0 Å². The third-order valence-corrected chi connectivity index (χ3v) is 4.01. The van der Waals surface area contributed by atoms with Crippen molar-refractivity contribution in [1.82, 2.24) is 9.80 Å². The van der Waals surface area contributed by atoms with Gasteiger partial charge >= 0.3 is 0 Å². The Kier molecular flexibility index (Phi) is 7.61. The molecule has 1 unspecified atom stereocenters. The molecule has 1 N–H and O–H groups in total. The molecule has 0 spiro atoms. The van der Waals surface area contributed by atoms with Crippen LogP contribution in [0.2, 0.25) is 0 Å². The minimum absolute atomic E-state index is 0.286. The third kappa shape index (κ3) is 5.99. The summed E-state index contributed by atoms with van der Waals surface area (Å²) in [6, 6.07) is 0. The Morgan fingerprint density at radius 1 is 1.22 bits per heavy atom. The molecule has 6 nitrogen and oxygen atoms in total. The van der Waals surface area contributed by atoms with Crippen molar-refractivity contribution in [3.05, 3.63) is 36.3 Å². The van der Waals surface area contributed by atoms with Gasteiger partial charge in [-0.25, -0.2) is 0 Å². The van der Waals surface area contributed by atoms with Gasteiger partial charge in [0.15, 0.2) is 11.5 Å². The largest absolute Gasteiger partial charge is 0.454 e. The van der Waals surface area contributed by atoms with E-state index >= 15 is 0 Å². The maximum atomic E-state index is 9.77. The van der Waals surface area contributed by atoms with Crippen LogP contribution >= 0.6 is 0 Å². The van der Waals surface area contributed by atoms with Gasteiger partial charge in [0.2, 0.25) is 6.79 Å². The molecule has 0 aromatic heterocycles. The molecule has 2 heterocycles. The van der Waals surface area contributed by atoms with Gasteiger partial charge in [-0.15, -0.1) is 0 Å². The third-order valence-electron chi connectivity index (χ3n) is 4.01. The number of ether oxygens (including phenoxy) is 3. The highest BCUT2D eigenvalue weighted by atomic mass is 16.7. The molecule has 1 atom stereocenters. The molecule has 0 radical (unpaired) electrons. The number of hydrogen-bond donors (Lipinski definition) is 1. The Balaban J connectivity index is 1.67. The standard InChI is InChI=1S/C17H28N2O4/c1-3-5-16-17(23-14-22-16)6-4-7-18-8-10-19(11-9-18)12-15(20)13-21-2/h3,5-6,15,20H,1,4,7-14H2,2H3/b16-5+,17-6+. The van der Waals surface area contributed by atoms with Crippen LogP contribution in [0.5, 0.6) is 0 Å². The molecule has 2 fully saturated rings. The number of nitrogens with zero attached hydrogens (tertiary/aromatic N) is 2. The van der Waals surface area contributed by atoms with E-state index in [2.05, 4.69) is 22.5 Å². The molecule has 2 aliphatic heterocycles. The van der Waals surface area contributed by atoms with Crippen LogP contribution in [0.3, 0.4) is 0 Å². The van der Waals surface area contributed by atoms with E-state index in [1.807, 2.05) is 6.08 Å². The van der Waals surface area contributed by atoms with Gasteiger partial charge < -0.3 is 24.2 Å². The Hall–Kier alpha value is -1.34. The molecule has 6 heteroatoms. The second-order valence-electron chi connectivity index (χ2n) is 5.78. The number of aliphatic hydroxyl groups is 1. The van der Waals surface area contributed by atoms with Crippen molar-refractivity contribution in [3.63, 3.8) is 0 Å². The number of allylic oxidation sites excluding steroid dienone is 2. The van der Waals surface area contributed by atoms with Gasteiger partial charge in [-0.3, -0.25) is 4.90 Å². The molecule has 0 aromatic carbocycles. The van der Waals surface area contributed by atoms with Crippen molar-refractivity contribution >= 4 is 0 Å². The fourth-order valence-corrected chi connectivity index (χ4v) is 2.81. The summed E-state index contributed by atoms with van der Waals surface area (Å²) < 4.78 is 15.8. The number of rotatable bonds is 8. The molecule has 23 heavy (non-hydrogen) atoms. The number of piperazine rings is 1. The highest BCUT2D eigenvalue weighted by Gasteiger charge is 2.19. The van der Waals surface area contributed by atoms with Gasteiger partial charge in [0, 0.05) is 46.4 Å². The zero-order chi connectivity index (χ0) is 16.5. The maximum absolute atomic E-state index is 9.77. The summed E-state index contributed by atoms with van der Waals surface area (Å²) >= 11 is 0. The highest BCUT2D eigenvalue weighted by molar-refractivity contribution is 5.25. The summed E-state index contributed by atoms with van der Waals surface area (Å²) in [4.78, 5) is 4.72.